The molecule has 0 aromatic heterocycles. The van der Waals surface area contributed by atoms with Crippen molar-refractivity contribution >= 4 is 17.3 Å². The molecule has 0 bridgehead atoms. The maximum atomic E-state index is 13.8. The van der Waals surface area contributed by atoms with Crippen LogP contribution in [-0.4, -0.2) is 11.1 Å². The van der Waals surface area contributed by atoms with E-state index in [1.807, 2.05) is 32.0 Å². The standard InChI is InChI=1S/C15H14FNO2/c1-9-6-7-10(2)13(8-9)17-14-11(15(18)19)4-3-5-12(14)16/h3-8,17H,1-2H3,(H,18,19). The number of halogens is 1. The van der Waals surface area contributed by atoms with Crippen LogP contribution in [0.15, 0.2) is 36.4 Å². The Labute approximate surface area is 110 Å². The van der Waals surface area contributed by atoms with Gasteiger partial charge in [-0.3, -0.25) is 0 Å². The molecule has 2 aromatic rings. The molecule has 0 aliphatic carbocycles. The van der Waals surface area contributed by atoms with Gasteiger partial charge in [0, 0.05) is 5.69 Å². The summed E-state index contributed by atoms with van der Waals surface area (Å²) < 4.78 is 13.8. The van der Waals surface area contributed by atoms with Crippen molar-refractivity contribution in [2.75, 3.05) is 5.32 Å². The first kappa shape index (κ1) is 13.1. The Balaban J connectivity index is 2.49. The van der Waals surface area contributed by atoms with Gasteiger partial charge in [0.2, 0.25) is 0 Å². The predicted octanol–water partition coefficient (Wildman–Crippen LogP) is 3.88. The first-order valence-electron chi connectivity index (χ1n) is 5.85. The van der Waals surface area contributed by atoms with Crippen molar-refractivity contribution in [1.82, 2.24) is 0 Å². The second kappa shape index (κ2) is 5.10. The van der Waals surface area contributed by atoms with E-state index in [4.69, 9.17) is 5.11 Å². The highest BCUT2D eigenvalue weighted by atomic mass is 19.1. The lowest BCUT2D eigenvalue weighted by atomic mass is 10.1. The number of aromatic carboxylic acids is 1. The Morgan fingerprint density at radius 2 is 1.95 bits per heavy atom. The molecular formula is C15H14FNO2. The Hall–Kier alpha value is -2.36. The van der Waals surface area contributed by atoms with Crippen LogP contribution in [-0.2, 0) is 0 Å². The topological polar surface area (TPSA) is 49.3 Å². The molecule has 0 radical (unpaired) electrons. The number of benzene rings is 2. The molecule has 2 rings (SSSR count). The molecule has 0 amide bonds. The summed E-state index contributed by atoms with van der Waals surface area (Å²) in [5, 5.41) is 12.0. The zero-order valence-corrected chi connectivity index (χ0v) is 10.7. The van der Waals surface area contributed by atoms with Gasteiger partial charge in [0.05, 0.1) is 11.3 Å². The van der Waals surface area contributed by atoms with Gasteiger partial charge in [-0.05, 0) is 43.2 Å². The number of anilines is 2. The molecule has 0 saturated carbocycles. The average molecular weight is 259 g/mol. The summed E-state index contributed by atoms with van der Waals surface area (Å²) in [6.45, 7) is 3.80. The summed E-state index contributed by atoms with van der Waals surface area (Å²) in [6.07, 6.45) is 0. The van der Waals surface area contributed by atoms with E-state index >= 15 is 0 Å². The summed E-state index contributed by atoms with van der Waals surface area (Å²) in [5.41, 5.74) is 2.55. The third-order valence-electron chi connectivity index (χ3n) is 2.90. The van der Waals surface area contributed by atoms with Crippen molar-refractivity contribution in [2.45, 2.75) is 13.8 Å². The summed E-state index contributed by atoms with van der Waals surface area (Å²) in [4.78, 5) is 11.1. The molecule has 0 fully saturated rings. The Bertz CT molecular complexity index is 638. The Kier molecular flexibility index (Phi) is 3.51. The van der Waals surface area contributed by atoms with Crippen LogP contribution >= 0.6 is 0 Å². The summed E-state index contributed by atoms with van der Waals surface area (Å²) in [5.74, 6) is -1.74. The molecule has 19 heavy (non-hydrogen) atoms. The molecule has 0 aliphatic rings. The van der Waals surface area contributed by atoms with E-state index in [2.05, 4.69) is 5.32 Å². The number of aryl methyl sites for hydroxylation is 2. The number of carboxylic acid groups (broad SMARTS) is 1. The van der Waals surface area contributed by atoms with E-state index in [0.717, 1.165) is 11.1 Å². The maximum absolute atomic E-state index is 13.8. The molecule has 4 heteroatoms. The van der Waals surface area contributed by atoms with Crippen LogP contribution in [0.4, 0.5) is 15.8 Å². The van der Waals surface area contributed by atoms with Crippen LogP contribution in [0.1, 0.15) is 21.5 Å². The van der Waals surface area contributed by atoms with Crippen molar-refractivity contribution < 1.29 is 14.3 Å². The van der Waals surface area contributed by atoms with Crippen LogP contribution in [0, 0.1) is 19.7 Å². The molecule has 0 heterocycles. The van der Waals surface area contributed by atoms with Gasteiger partial charge in [-0.25, -0.2) is 9.18 Å². The fourth-order valence-corrected chi connectivity index (χ4v) is 1.83. The van der Waals surface area contributed by atoms with Gasteiger partial charge in [0.15, 0.2) is 0 Å². The van der Waals surface area contributed by atoms with Crippen molar-refractivity contribution in [3.8, 4) is 0 Å². The molecule has 0 saturated heterocycles. The van der Waals surface area contributed by atoms with Crippen LogP contribution < -0.4 is 5.32 Å². The van der Waals surface area contributed by atoms with E-state index in [1.165, 1.54) is 18.2 Å². The lowest BCUT2D eigenvalue weighted by molar-refractivity contribution is 0.0697. The zero-order chi connectivity index (χ0) is 14.0. The first-order chi connectivity index (χ1) is 8.99. The third kappa shape index (κ3) is 2.73. The van der Waals surface area contributed by atoms with Gasteiger partial charge in [-0.1, -0.05) is 18.2 Å². The first-order valence-corrected chi connectivity index (χ1v) is 5.85. The predicted molar refractivity (Wildman–Crippen MR) is 72.6 cm³/mol. The number of para-hydroxylation sites is 1. The maximum Gasteiger partial charge on any atom is 0.337 e. The number of carbonyl (C=O) groups is 1. The SMILES string of the molecule is Cc1ccc(C)c(Nc2c(F)cccc2C(=O)O)c1. The van der Waals surface area contributed by atoms with Crippen LogP contribution in [0.2, 0.25) is 0 Å². The van der Waals surface area contributed by atoms with Gasteiger partial charge >= 0.3 is 5.97 Å². The van der Waals surface area contributed by atoms with Crippen molar-refractivity contribution in [3.63, 3.8) is 0 Å². The number of rotatable bonds is 3. The molecule has 0 aliphatic heterocycles. The van der Waals surface area contributed by atoms with E-state index < -0.39 is 11.8 Å². The minimum absolute atomic E-state index is 0.0105. The van der Waals surface area contributed by atoms with Crippen molar-refractivity contribution in [1.29, 1.82) is 0 Å². The van der Waals surface area contributed by atoms with Crippen molar-refractivity contribution in [2.24, 2.45) is 0 Å². The van der Waals surface area contributed by atoms with Crippen LogP contribution in [0.5, 0.6) is 0 Å². The van der Waals surface area contributed by atoms with Gasteiger partial charge in [0.1, 0.15) is 5.82 Å². The average Bonchev–Trinajstić information content (AvgIpc) is 2.35. The smallest absolute Gasteiger partial charge is 0.337 e. The Morgan fingerprint density at radius 1 is 1.21 bits per heavy atom. The third-order valence-corrected chi connectivity index (χ3v) is 2.90. The lowest BCUT2D eigenvalue weighted by Crippen LogP contribution is -2.05. The molecule has 2 N–H and O–H groups in total. The van der Waals surface area contributed by atoms with E-state index in [-0.39, 0.29) is 11.3 Å². The number of hydrogen-bond donors (Lipinski definition) is 2. The normalized spacial score (nSPS) is 10.3. The largest absolute Gasteiger partial charge is 0.478 e. The highest BCUT2D eigenvalue weighted by molar-refractivity contribution is 5.95. The highest BCUT2D eigenvalue weighted by Crippen LogP contribution is 2.27. The molecule has 0 atom stereocenters. The molecule has 98 valence electrons. The molecule has 2 aromatic carbocycles. The van der Waals surface area contributed by atoms with E-state index in [0.29, 0.717) is 5.69 Å². The van der Waals surface area contributed by atoms with E-state index in [9.17, 15) is 9.18 Å². The van der Waals surface area contributed by atoms with Gasteiger partial charge in [-0.2, -0.15) is 0 Å². The minimum Gasteiger partial charge on any atom is -0.478 e. The van der Waals surface area contributed by atoms with Gasteiger partial charge in [0.25, 0.3) is 0 Å². The summed E-state index contributed by atoms with van der Waals surface area (Å²) >= 11 is 0. The van der Waals surface area contributed by atoms with E-state index in [1.54, 1.807) is 0 Å². The molecular weight excluding hydrogens is 245 g/mol. The van der Waals surface area contributed by atoms with Crippen LogP contribution in [0.25, 0.3) is 0 Å². The van der Waals surface area contributed by atoms with Gasteiger partial charge in [-0.15, -0.1) is 0 Å². The van der Waals surface area contributed by atoms with Gasteiger partial charge < -0.3 is 10.4 Å². The van der Waals surface area contributed by atoms with Crippen LogP contribution in [0.3, 0.4) is 0 Å². The summed E-state index contributed by atoms with van der Waals surface area (Å²) in [7, 11) is 0. The molecule has 3 nitrogen and oxygen atoms in total. The zero-order valence-electron chi connectivity index (χ0n) is 10.7. The second-order valence-corrected chi connectivity index (χ2v) is 4.41. The van der Waals surface area contributed by atoms with Crippen molar-refractivity contribution in [3.05, 3.63) is 58.9 Å². The summed E-state index contributed by atoms with van der Waals surface area (Å²) in [6, 6.07) is 9.69. The minimum atomic E-state index is -1.16. The fourth-order valence-electron chi connectivity index (χ4n) is 1.83. The number of carboxylic acids is 1. The fraction of sp³-hybridized carbons (Fsp3) is 0.133. The number of nitrogens with one attached hydrogen (secondary N) is 1. The monoisotopic (exact) mass is 259 g/mol. The Morgan fingerprint density at radius 3 is 2.63 bits per heavy atom. The lowest BCUT2D eigenvalue weighted by Gasteiger charge is -2.13. The quantitative estimate of drug-likeness (QED) is 0.879. The molecule has 0 spiro atoms. The number of hydrogen-bond acceptors (Lipinski definition) is 2. The second-order valence-electron chi connectivity index (χ2n) is 4.41. The molecule has 0 unspecified atom stereocenters. The highest BCUT2D eigenvalue weighted by Gasteiger charge is 2.14.